The smallest absolute Gasteiger partial charge is 0.275 e. The quantitative estimate of drug-likeness (QED) is 0.832. The zero-order valence-corrected chi connectivity index (χ0v) is 16.0. The van der Waals surface area contributed by atoms with Crippen molar-refractivity contribution in [1.82, 2.24) is 25.2 Å². The summed E-state index contributed by atoms with van der Waals surface area (Å²) >= 11 is 0. The molecule has 8 heteroatoms. The summed E-state index contributed by atoms with van der Waals surface area (Å²) in [7, 11) is 1.76. The van der Waals surface area contributed by atoms with E-state index in [9.17, 15) is 4.79 Å². The zero-order valence-electron chi connectivity index (χ0n) is 15.2. The van der Waals surface area contributed by atoms with Crippen molar-refractivity contribution in [2.75, 3.05) is 33.3 Å². The molecule has 0 bridgehead atoms. The molecule has 1 aromatic carbocycles. The minimum absolute atomic E-state index is 0. The van der Waals surface area contributed by atoms with E-state index in [-0.39, 0.29) is 18.3 Å². The Labute approximate surface area is 160 Å². The van der Waals surface area contributed by atoms with Crippen LogP contribution in [0, 0.1) is 6.92 Å². The second-order valence-corrected chi connectivity index (χ2v) is 6.46. The molecule has 1 N–H and O–H groups in total. The molecule has 0 radical (unpaired) electrons. The van der Waals surface area contributed by atoms with Crippen molar-refractivity contribution in [3.63, 3.8) is 0 Å². The predicted molar refractivity (Wildman–Crippen MR) is 102 cm³/mol. The van der Waals surface area contributed by atoms with Crippen LogP contribution in [0.25, 0.3) is 0 Å². The third-order valence-electron chi connectivity index (χ3n) is 4.44. The maximum Gasteiger partial charge on any atom is 0.275 e. The SMILES string of the molecule is Cc1cccc(OCCN(C)C(=O)c2cn(C3CCNCC3)nn2)c1.Cl. The van der Waals surface area contributed by atoms with E-state index >= 15 is 0 Å². The minimum Gasteiger partial charge on any atom is -0.492 e. The van der Waals surface area contributed by atoms with Crippen molar-refractivity contribution in [1.29, 1.82) is 0 Å². The highest BCUT2D eigenvalue weighted by Crippen LogP contribution is 2.17. The number of nitrogens with one attached hydrogen (secondary N) is 1. The summed E-state index contributed by atoms with van der Waals surface area (Å²) in [6, 6.07) is 8.20. The lowest BCUT2D eigenvalue weighted by Gasteiger charge is -2.22. The molecule has 7 nitrogen and oxygen atoms in total. The summed E-state index contributed by atoms with van der Waals surface area (Å²) in [5.41, 5.74) is 1.54. The summed E-state index contributed by atoms with van der Waals surface area (Å²) in [4.78, 5) is 14.1. The molecule has 0 atom stereocenters. The molecule has 0 aliphatic carbocycles. The highest BCUT2D eigenvalue weighted by Gasteiger charge is 2.20. The molecular formula is C18H26ClN5O2. The Kier molecular flexibility index (Phi) is 7.41. The van der Waals surface area contributed by atoms with Gasteiger partial charge in [0, 0.05) is 7.05 Å². The number of aromatic nitrogens is 3. The van der Waals surface area contributed by atoms with Gasteiger partial charge in [-0.05, 0) is 50.6 Å². The largest absolute Gasteiger partial charge is 0.492 e. The highest BCUT2D eigenvalue weighted by molar-refractivity contribution is 5.91. The molecular weight excluding hydrogens is 354 g/mol. The Morgan fingerprint density at radius 1 is 1.38 bits per heavy atom. The average molecular weight is 380 g/mol. The number of ether oxygens (including phenoxy) is 1. The van der Waals surface area contributed by atoms with Gasteiger partial charge in [0.05, 0.1) is 18.8 Å². The van der Waals surface area contributed by atoms with Crippen LogP contribution in [0.15, 0.2) is 30.5 Å². The summed E-state index contributed by atoms with van der Waals surface area (Å²) in [5.74, 6) is 0.686. The van der Waals surface area contributed by atoms with E-state index in [1.54, 1.807) is 18.1 Å². The van der Waals surface area contributed by atoms with Crippen LogP contribution in [-0.4, -0.2) is 59.1 Å². The van der Waals surface area contributed by atoms with Gasteiger partial charge in [-0.3, -0.25) is 4.79 Å². The first kappa shape index (κ1) is 20.2. The van der Waals surface area contributed by atoms with Crippen molar-refractivity contribution in [3.8, 4) is 5.75 Å². The van der Waals surface area contributed by atoms with E-state index in [1.165, 1.54) is 0 Å². The minimum atomic E-state index is -0.131. The molecule has 0 spiro atoms. The normalized spacial score (nSPS) is 14.5. The number of benzene rings is 1. The van der Waals surface area contributed by atoms with Gasteiger partial charge in [0.15, 0.2) is 5.69 Å². The number of rotatable bonds is 6. The van der Waals surface area contributed by atoms with Crippen LogP contribution in [0.3, 0.4) is 0 Å². The van der Waals surface area contributed by atoms with Crippen molar-refractivity contribution in [2.24, 2.45) is 0 Å². The van der Waals surface area contributed by atoms with Gasteiger partial charge in [-0.15, -0.1) is 17.5 Å². The van der Waals surface area contributed by atoms with Gasteiger partial charge >= 0.3 is 0 Å². The Morgan fingerprint density at radius 2 is 2.15 bits per heavy atom. The van der Waals surface area contributed by atoms with Gasteiger partial charge in [-0.1, -0.05) is 17.3 Å². The van der Waals surface area contributed by atoms with Gasteiger partial charge < -0.3 is 15.0 Å². The molecule has 2 aromatic rings. The van der Waals surface area contributed by atoms with Crippen molar-refractivity contribution in [3.05, 3.63) is 41.7 Å². The molecule has 26 heavy (non-hydrogen) atoms. The molecule has 1 aliphatic rings. The summed E-state index contributed by atoms with van der Waals surface area (Å²) in [5, 5.41) is 11.5. The molecule has 142 valence electrons. The zero-order chi connectivity index (χ0) is 17.6. The molecule has 1 amide bonds. The maximum atomic E-state index is 12.5. The number of amides is 1. The van der Waals surface area contributed by atoms with Gasteiger partial charge in [-0.25, -0.2) is 4.68 Å². The first-order chi connectivity index (χ1) is 12.1. The average Bonchev–Trinajstić information content (AvgIpc) is 3.12. The summed E-state index contributed by atoms with van der Waals surface area (Å²) < 4.78 is 7.53. The van der Waals surface area contributed by atoms with Gasteiger partial charge in [0.2, 0.25) is 0 Å². The monoisotopic (exact) mass is 379 g/mol. The molecule has 0 saturated carbocycles. The van der Waals surface area contributed by atoms with E-state index in [4.69, 9.17) is 4.74 Å². The first-order valence-electron chi connectivity index (χ1n) is 8.71. The van der Waals surface area contributed by atoms with Gasteiger partial charge in [0.25, 0.3) is 5.91 Å². The van der Waals surface area contributed by atoms with E-state index in [0.29, 0.717) is 24.9 Å². The van der Waals surface area contributed by atoms with E-state index in [1.807, 2.05) is 35.9 Å². The molecule has 1 aliphatic heterocycles. The molecule has 2 heterocycles. The third kappa shape index (κ3) is 5.19. The molecule has 1 fully saturated rings. The lowest BCUT2D eigenvalue weighted by Crippen LogP contribution is -2.31. The highest BCUT2D eigenvalue weighted by atomic mass is 35.5. The van der Waals surface area contributed by atoms with Crippen LogP contribution in [0.4, 0.5) is 0 Å². The van der Waals surface area contributed by atoms with Crippen molar-refractivity contribution >= 4 is 18.3 Å². The van der Waals surface area contributed by atoms with Gasteiger partial charge in [0.1, 0.15) is 12.4 Å². The fourth-order valence-corrected chi connectivity index (χ4v) is 2.93. The molecule has 0 unspecified atom stereocenters. The van der Waals surface area contributed by atoms with Crippen LogP contribution >= 0.6 is 12.4 Å². The van der Waals surface area contributed by atoms with E-state index in [0.717, 1.165) is 37.2 Å². The van der Waals surface area contributed by atoms with Crippen molar-refractivity contribution < 1.29 is 9.53 Å². The van der Waals surface area contributed by atoms with Crippen molar-refractivity contribution in [2.45, 2.75) is 25.8 Å². The number of piperidine rings is 1. The molecule has 1 saturated heterocycles. The number of nitrogens with zero attached hydrogens (tertiary/aromatic N) is 4. The number of likely N-dealkylation sites (N-methyl/N-ethyl adjacent to an activating group) is 1. The lowest BCUT2D eigenvalue weighted by atomic mass is 10.1. The van der Waals surface area contributed by atoms with E-state index in [2.05, 4.69) is 15.6 Å². The predicted octanol–water partition coefficient (Wildman–Crippen LogP) is 2.08. The van der Waals surface area contributed by atoms with Crippen LogP contribution in [0.2, 0.25) is 0 Å². The fraction of sp³-hybridized carbons (Fsp3) is 0.500. The third-order valence-corrected chi connectivity index (χ3v) is 4.44. The fourth-order valence-electron chi connectivity index (χ4n) is 2.93. The van der Waals surface area contributed by atoms with E-state index < -0.39 is 0 Å². The summed E-state index contributed by atoms with van der Waals surface area (Å²) in [6.07, 6.45) is 3.78. The lowest BCUT2D eigenvalue weighted by molar-refractivity contribution is 0.0768. The number of carbonyl (C=O) groups is 1. The number of halogens is 1. The number of carbonyl (C=O) groups excluding carboxylic acids is 1. The Morgan fingerprint density at radius 3 is 2.88 bits per heavy atom. The molecule has 3 rings (SSSR count). The van der Waals surface area contributed by atoms with Crippen LogP contribution in [0.1, 0.15) is 34.9 Å². The second kappa shape index (κ2) is 9.54. The number of hydrogen-bond acceptors (Lipinski definition) is 5. The van der Waals surface area contributed by atoms with Gasteiger partial charge in [-0.2, -0.15) is 0 Å². The Hall–Kier alpha value is -2.12. The number of hydrogen-bond donors (Lipinski definition) is 1. The standard InChI is InChI=1S/C18H25N5O2.ClH/c1-14-4-3-5-16(12-14)25-11-10-22(2)18(24)17-13-23(21-20-17)15-6-8-19-9-7-15;/h3-5,12-13,15,19H,6-11H2,1-2H3;1H. The van der Waals surface area contributed by atoms with Crippen LogP contribution in [-0.2, 0) is 0 Å². The second-order valence-electron chi connectivity index (χ2n) is 6.46. The Balaban J connectivity index is 0.00000243. The summed E-state index contributed by atoms with van der Waals surface area (Å²) in [6.45, 7) is 4.91. The first-order valence-corrected chi connectivity index (χ1v) is 8.71. The number of aryl methyl sites for hydroxylation is 1. The molecule has 1 aromatic heterocycles. The van der Waals surface area contributed by atoms with Crippen LogP contribution < -0.4 is 10.1 Å². The Bertz CT molecular complexity index is 715. The topological polar surface area (TPSA) is 72.3 Å². The van der Waals surface area contributed by atoms with Crippen LogP contribution in [0.5, 0.6) is 5.75 Å². The maximum absolute atomic E-state index is 12.5.